The Bertz CT molecular complexity index is 639. The predicted molar refractivity (Wildman–Crippen MR) is 88.8 cm³/mol. The van der Waals surface area contributed by atoms with Crippen LogP contribution in [0.2, 0.25) is 0 Å². The Balaban J connectivity index is 2.06. The Morgan fingerprint density at radius 1 is 1.36 bits per heavy atom. The molecule has 1 N–H and O–H groups in total. The van der Waals surface area contributed by atoms with Gasteiger partial charge in [0, 0.05) is 12.6 Å². The average Bonchev–Trinajstić information content (AvgIpc) is 2.86. The van der Waals surface area contributed by atoms with E-state index in [9.17, 15) is 9.90 Å². The van der Waals surface area contributed by atoms with Crippen molar-refractivity contribution in [2.45, 2.75) is 19.1 Å². The van der Waals surface area contributed by atoms with Crippen molar-refractivity contribution in [3.05, 3.63) is 45.3 Å². The number of rotatable bonds is 6. The van der Waals surface area contributed by atoms with Crippen LogP contribution < -0.4 is 4.74 Å². The van der Waals surface area contributed by atoms with Crippen LogP contribution in [0.3, 0.4) is 0 Å². The second kappa shape index (κ2) is 7.59. The fraction of sp³-hybridized carbons (Fsp3) is 0.333. The molecule has 118 valence electrons. The van der Waals surface area contributed by atoms with E-state index < -0.39 is 12.1 Å². The van der Waals surface area contributed by atoms with Gasteiger partial charge < -0.3 is 14.6 Å². The van der Waals surface area contributed by atoms with Gasteiger partial charge in [-0.3, -0.25) is 4.68 Å². The molecule has 1 aromatic heterocycles. The summed E-state index contributed by atoms with van der Waals surface area (Å²) in [5.41, 5.74) is 1.76. The number of methoxy groups -OCH3 is 2. The van der Waals surface area contributed by atoms with E-state index in [0.717, 1.165) is 14.9 Å². The molecule has 1 heterocycles. The summed E-state index contributed by atoms with van der Waals surface area (Å²) < 4.78 is 12.3. The highest BCUT2D eigenvalue weighted by Crippen LogP contribution is 2.16. The van der Waals surface area contributed by atoms with Crippen LogP contribution in [0.5, 0.6) is 5.75 Å². The van der Waals surface area contributed by atoms with Gasteiger partial charge in [0.05, 0.1) is 30.0 Å². The van der Waals surface area contributed by atoms with Gasteiger partial charge in [0.1, 0.15) is 5.75 Å². The van der Waals surface area contributed by atoms with Gasteiger partial charge in [0.2, 0.25) is 0 Å². The quantitative estimate of drug-likeness (QED) is 0.573. The molecule has 0 saturated carbocycles. The van der Waals surface area contributed by atoms with E-state index in [1.807, 2.05) is 30.5 Å². The Hall–Kier alpha value is -1.61. The first-order valence-corrected chi connectivity index (χ1v) is 7.72. The zero-order valence-corrected chi connectivity index (χ0v) is 14.5. The molecule has 1 atom stereocenters. The number of hydrogen-bond donors (Lipinski definition) is 1. The van der Waals surface area contributed by atoms with E-state index in [-0.39, 0.29) is 6.42 Å². The second-order valence-electron chi connectivity index (χ2n) is 4.71. The molecular formula is C15H17IN2O4. The van der Waals surface area contributed by atoms with E-state index >= 15 is 0 Å². The molecule has 0 aliphatic carbocycles. The molecule has 0 radical (unpaired) electrons. The van der Waals surface area contributed by atoms with Crippen LogP contribution in [0.15, 0.2) is 30.5 Å². The Kier molecular flexibility index (Phi) is 5.78. The van der Waals surface area contributed by atoms with Crippen molar-refractivity contribution < 1.29 is 19.4 Å². The number of carbonyl (C=O) groups excluding carboxylic acids is 1. The molecule has 0 aliphatic rings. The number of aromatic nitrogens is 2. The van der Waals surface area contributed by atoms with Gasteiger partial charge in [-0.25, -0.2) is 4.79 Å². The number of aliphatic hydroxyl groups is 1. The number of hydrogen-bond acceptors (Lipinski definition) is 5. The monoisotopic (exact) mass is 416 g/mol. The molecule has 0 amide bonds. The van der Waals surface area contributed by atoms with Crippen molar-refractivity contribution in [2.75, 3.05) is 14.2 Å². The predicted octanol–water partition coefficient (Wildman–Crippen LogP) is 1.62. The summed E-state index contributed by atoms with van der Waals surface area (Å²) in [5, 5.41) is 14.1. The lowest BCUT2D eigenvalue weighted by atomic mass is 10.2. The van der Waals surface area contributed by atoms with Crippen molar-refractivity contribution in [2.24, 2.45) is 0 Å². The number of esters is 1. The third kappa shape index (κ3) is 4.20. The van der Waals surface area contributed by atoms with Crippen LogP contribution in [-0.2, 0) is 22.5 Å². The summed E-state index contributed by atoms with van der Waals surface area (Å²) in [4.78, 5) is 11.3. The van der Waals surface area contributed by atoms with Crippen LogP contribution >= 0.6 is 22.6 Å². The normalized spacial score (nSPS) is 12.0. The highest BCUT2D eigenvalue weighted by Gasteiger charge is 2.19. The van der Waals surface area contributed by atoms with E-state index in [0.29, 0.717) is 12.2 Å². The Morgan fingerprint density at radius 3 is 2.64 bits per heavy atom. The third-order valence-electron chi connectivity index (χ3n) is 3.15. The second-order valence-corrected chi connectivity index (χ2v) is 5.87. The van der Waals surface area contributed by atoms with Crippen LogP contribution in [0.25, 0.3) is 0 Å². The summed E-state index contributed by atoms with van der Waals surface area (Å²) in [6.45, 7) is 0.605. The molecule has 2 aromatic rings. The molecule has 1 unspecified atom stereocenters. The molecule has 0 fully saturated rings. The highest BCUT2D eigenvalue weighted by atomic mass is 127. The fourth-order valence-corrected chi connectivity index (χ4v) is 2.63. The SMILES string of the molecule is COC(=O)C(O)Cc1nn(Cc2ccc(OC)cc2)cc1I. The summed E-state index contributed by atoms with van der Waals surface area (Å²) in [6.07, 6.45) is 0.827. The number of aliphatic hydroxyl groups excluding tert-OH is 1. The van der Waals surface area contributed by atoms with Crippen molar-refractivity contribution >= 4 is 28.6 Å². The largest absolute Gasteiger partial charge is 0.497 e. The first-order valence-electron chi connectivity index (χ1n) is 6.64. The third-order valence-corrected chi connectivity index (χ3v) is 4.05. The molecule has 22 heavy (non-hydrogen) atoms. The van der Waals surface area contributed by atoms with E-state index in [1.165, 1.54) is 7.11 Å². The van der Waals surface area contributed by atoms with Gasteiger partial charge >= 0.3 is 5.97 Å². The molecule has 2 rings (SSSR count). The minimum absolute atomic E-state index is 0.139. The first-order chi connectivity index (χ1) is 10.5. The molecule has 0 spiro atoms. The Labute approximate surface area is 142 Å². The molecule has 0 saturated heterocycles. The average molecular weight is 416 g/mol. The fourth-order valence-electron chi connectivity index (χ4n) is 1.98. The number of nitrogens with zero attached hydrogens (tertiary/aromatic N) is 2. The molecule has 7 heteroatoms. The molecule has 1 aromatic carbocycles. The van der Waals surface area contributed by atoms with Gasteiger partial charge in [-0.05, 0) is 40.3 Å². The lowest BCUT2D eigenvalue weighted by Crippen LogP contribution is -2.24. The van der Waals surface area contributed by atoms with E-state index in [2.05, 4.69) is 32.4 Å². The van der Waals surface area contributed by atoms with Crippen molar-refractivity contribution in [3.63, 3.8) is 0 Å². The van der Waals surface area contributed by atoms with E-state index in [1.54, 1.807) is 11.8 Å². The topological polar surface area (TPSA) is 73.6 Å². The van der Waals surface area contributed by atoms with Crippen LogP contribution in [0.4, 0.5) is 0 Å². The highest BCUT2D eigenvalue weighted by molar-refractivity contribution is 14.1. The van der Waals surface area contributed by atoms with Crippen LogP contribution in [0.1, 0.15) is 11.3 Å². The number of ether oxygens (including phenoxy) is 2. The summed E-state index contributed by atoms with van der Waals surface area (Å²) in [7, 11) is 2.88. The first kappa shape index (κ1) is 16.8. The minimum atomic E-state index is -1.19. The van der Waals surface area contributed by atoms with Crippen LogP contribution in [0, 0.1) is 3.57 Å². The maximum Gasteiger partial charge on any atom is 0.335 e. The number of halogens is 1. The van der Waals surface area contributed by atoms with Crippen molar-refractivity contribution in [1.29, 1.82) is 0 Å². The summed E-state index contributed by atoms with van der Waals surface area (Å²) >= 11 is 2.14. The zero-order chi connectivity index (χ0) is 16.1. The molecule has 0 bridgehead atoms. The van der Waals surface area contributed by atoms with Gasteiger partial charge in [0.15, 0.2) is 6.10 Å². The standard InChI is InChI=1S/C15H17IN2O4/c1-21-11-5-3-10(4-6-11)8-18-9-12(16)13(17-18)7-14(19)15(20)22-2/h3-6,9,14,19H,7-8H2,1-2H3. The van der Waals surface area contributed by atoms with Gasteiger partial charge in [-0.1, -0.05) is 12.1 Å². The maximum absolute atomic E-state index is 11.3. The van der Waals surface area contributed by atoms with Gasteiger partial charge in [-0.2, -0.15) is 5.10 Å². The molecular weight excluding hydrogens is 399 g/mol. The van der Waals surface area contributed by atoms with Gasteiger partial charge in [-0.15, -0.1) is 0 Å². The smallest absolute Gasteiger partial charge is 0.335 e. The minimum Gasteiger partial charge on any atom is -0.497 e. The maximum atomic E-state index is 11.3. The number of carbonyl (C=O) groups is 1. The van der Waals surface area contributed by atoms with E-state index in [4.69, 9.17) is 4.74 Å². The lowest BCUT2D eigenvalue weighted by molar-refractivity contribution is -0.150. The summed E-state index contributed by atoms with van der Waals surface area (Å²) in [5.74, 6) is 0.154. The molecule has 6 nitrogen and oxygen atoms in total. The molecule has 0 aliphatic heterocycles. The summed E-state index contributed by atoms with van der Waals surface area (Å²) in [6, 6.07) is 7.73. The van der Waals surface area contributed by atoms with Crippen molar-refractivity contribution in [1.82, 2.24) is 9.78 Å². The number of benzene rings is 1. The van der Waals surface area contributed by atoms with Crippen molar-refractivity contribution in [3.8, 4) is 5.75 Å². The lowest BCUT2D eigenvalue weighted by Gasteiger charge is -2.06. The van der Waals surface area contributed by atoms with Gasteiger partial charge in [0.25, 0.3) is 0 Å². The van der Waals surface area contributed by atoms with Crippen LogP contribution in [-0.4, -0.2) is 41.2 Å². The zero-order valence-electron chi connectivity index (χ0n) is 12.3. The Morgan fingerprint density at radius 2 is 2.05 bits per heavy atom.